The van der Waals surface area contributed by atoms with E-state index in [4.69, 9.17) is 16.1 Å². The molecule has 0 spiro atoms. The van der Waals surface area contributed by atoms with Crippen LogP contribution in [0.2, 0.25) is 0 Å². The molecule has 0 atom stereocenters. The van der Waals surface area contributed by atoms with Gasteiger partial charge in [-0.05, 0) is 30.9 Å². The molecule has 5 nitrogen and oxygen atoms in total. The van der Waals surface area contributed by atoms with Gasteiger partial charge in [0.25, 0.3) is 0 Å². The van der Waals surface area contributed by atoms with Crippen molar-refractivity contribution in [1.82, 2.24) is 4.98 Å². The molecule has 0 radical (unpaired) electrons. The molecule has 0 saturated carbocycles. The van der Waals surface area contributed by atoms with Gasteiger partial charge >= 0.3 is 0 Å². The topological polar surface area (TPSA) is 86.2 Å². The Bertz CT molecular complexity index is 433. The van der Waals surface area contributed by atoms with Gasteiger partial charge in [0, 0.05) is 19.7 Å². The van der Waals surface area contributed by atoms with E-state index < -0.39 is 0 Å². The van der Waals surface area contributed by atoms with E-state index >= 15 is 0 Å². The summed E-state index contributed by atoms with van der Waals surface area (Å²) in [7, 11) is 0. The standard InChI is InChI=1S/C12H16N4O/c13-7-11-10(14)1-2-12(15-11)16-5-3-9(8-17)4-6-16/h1-2,9,17H,3-6,8,14H2. The predicted octanol–water partition coefficient (Wildman–Crippen LogP) is 0.744. The fourth-order valence-electron chi connectivity index (χ4n) is 2.07. The molecular weight excluding hydrogens is 216 g/mol. The first-order valence-electron chi connectivity index (χ1n) is 5.77. The zero-order chi connectivity index (χ0) is 12.3. The zero-order valence-electron chi connectivity index (χ0n) is 9.63. The predicted molar refractivity (Wildman–Crippen MR) is 65.4 cm³/mol. The Morgan fingerprint density at radius 1 is 1.47 bits per heavy atom. The van der Waals surface area contributed by atoms with Crippen molar-refractivity contribution >= 4 is 11.5 Å². The molecule has 5 heteroatoms. The van der Waals surface area contributed by atoms with Crippen LogP contribution in [0, 0.1) is 17.2 Å². The van der Waals surface area contributed by atoms with Crippen LogP contribution in [-0.2, 0) is 0 Å². The minimum Gasteiger partial charge on any atom is -0.396 e. The lowest BCUT2D eigenvalue weighted by atomic mass is 9.98. The summed E-state index contributed by atoms with van der Waals surface area (Å²) in [6.45, 7) is 1.99. The Morgan fingerprint density at radius 2 is 2.18 bits per heavy atom. The lowest BCUT2D eigenvalue weighted by Gasteiger charge is -2.32. The summed E-state index contributed by atoms with van der Waals surface area (Å²) in [4.78, 5) is 6.37. The molecule has 0 bridgehead atoms. The molecule has 1 saturated heterocycles. The highest BCUT2D eigenvalue weighted by molar-refractivity contribution is 5.55. The van der Waals surface area contributed by atoms with Gasteiger partial charge in [0.1, 0.15) is 11.9 Å². The van der Waals surface area contributed by atoms with E-state index in [1.807, 2.05) is 12.1 Å². The highest BCUT2D eigenvalue weighted by atomic mass is 16.3. The second kappa shape index (κ2) is 5.02. The van der Waals surface area contributed by atoms with Crippen molar-refractivity contribution in [3.05, 3.63) is 17.8 Å². The number of nitrogens with zero attached hydrogens (tertiary/aromatic N) is 3. The molecule has 17 heavy (non-hydrogen) atoms. The molecule has 0 amide bonds. The number of rotatable bonds is 2. The summed E-state index contributed by atoms with van der Waals surface area (Å²) in [6, 6.07) is 5.56. The Morgan fingerprint density at radius 3 is 2.76 bits per heavy atom. The molecule has 0 aromatic carbocycles. The van der Waals surface area contributed by atoms with Crippen LogP contribution >= 0.6 is 0 Å². The number of aliphatic hydroxyl groups is 1. The highest BCUT2D eigenvalue weighted by Gasteiger charge is 2.19. The summed E-state index contributed by atoms with van der Waals surface area (Å²) in [6.07, 6.45) is 1.93. The van der Waals surface area contributed by atoms with Crippen molar-refractivity contribution < 1.29 is 5.11 Å². The number of nitriles is 1. The fourth-order valence-corrected chi connectivity index (χ4v) is 2.07. The number of hydrogen-bond acceptors (Lipinski definition) is 5. The Balaban J connectivity index is 2.11. The quantitative estimate of drug-likeness (QED) is 0.785. The second-order valence-corrected chi connectivity index (χ2v) is 4.33. The summed E-state index contributed by atoms with van der Waals surface area (Å²) in [5.41, 5.74) is 6.34. The molecule has 0 aliphatic carbocycles. The second-order valence-electron chi connectivity index (χ2n) is 4.33. The molecule has 90 valence electrons. The van der Waals surface area contributed by atoms with Crippen LogP contribution in [0.25, 0.3) is 0 Å². The van der Waals surface area contributed by atoms with Crippen LogP contribution in [0.3, 0.4) is 0 Å². The molecule has 1 aliphatic rings. The van der Waals surface area contributed by atoms with E-state index in [1.165, 1.54) is 0 Å². The van der Waals surface area contributed by atoms with Gasteiger partial charge in [-0.15, -0.1) is 0 Å². The van der Waals surface area contributed by atoms with Crippen LogP contribution in [0.4, 0.5) is 11.5 Å². The van der Waals surface area contributed by atoms with E-state index in [0.717, 1.165) is 31.7 Å². The SMILES string of the molecule is N#Cc1nc(N2CCC(CO)CC2)ccc1N. The number of piperidine rings is 1. The molecule has 1 aliphatic heterocycles. The maximum atomic E-state index is 9.07. The van der Waals surface area contributed by atoms with E-state index in [0.29, 0.717) is 11.6 Å². The van der Waals surface area contributed by atoms with Gasteiger partial charge in [-0.3, -0.25) is 0 Å². The first kappa shape index (κ1) is 11.7. The highest BCUT2D eigenvalue weighted by Crippen LogP contribution is 2.23. The van der Waals surface area contributed by atoms with Gasteiger partial charge in [-0.1, -0.05) is 0 Å². The molecule has 0 unspecified atom stereocenters. The number of aromatic nitrogens is 1. The average Bonchev–Trinajstić information content (AvgIpc) is 2.39. The van der Waals surface area contributed by atoms with Crippen molar-refractivity contribution in [1.29, 1.82) is 5.26 Å². The first-order chi connectivity index (χ1) is 8.24. The smallest absolute Gasteiger partial charge is 0.165 e. The molecule has 2 rings (SSSR count). The van der Waals surface area contributed by atoms with E-state index in [2.05, 4.69) is 9.88 Å². The number of anilines is 2. The van der Waals surface area contributed by atoms with Crippen molar-refractivity contribution in [2.75, 3.05) is 30.3 Å². The number of pyridine rings is 1. The van der Waals surface area contributed by atoms with Crippen LogP contribution in [0.1, 0.15) is 18.5 Å². The van der Waals surface area contributed by atoms with Crippen LogP contribution < -0.4 is 10.6 Å². The van der Waals surface area contributed by atoms with E-state index in [1.54, 1.807) is 6.07 Å². The molecule has 1 aromatic heterocycles. The lowest BCUT2D eigenvalue weighted by Crippen LogP contribution is -2.35. The largest absolute Gasteiger partial charge is 0.396 e. The Labute approximate surface area is 100 Å². The number of aliphatic hydroxyl groups excluding tert-OH is 1. The molecule has 1 aromatic rings. The molecule has 2 heterocycles. The van der Waals surface area contributed by atoms with Gasteiger partial charge < -0.3 is 15.7 Å². The van der Waals surface area contributed by atoms with Gasteiger partial charge in [-0.25, -0.2) is 4.98 Å². The van der Waals surface area contributed by atoms with Gasteiger partial charge in [0.05, 0.1) is 5.69 Å². The average molecular weight is 232 g/mol. The Hall–Kier alpha value is -1.80. The first-order valence-corrected chi connectivity index (χ1v) is 5.77. The summed E-state index contributed by atoms with van der Waals surface area (Å²) in [5.74, 6) is 1.20. The summed E-state index contributed by atoms with van der Waals surface area (Å²) >= 11 is 0. The van der Waals surface area contributed by atoms with Crippen molar-refractivity contribution in [2.45, 2.75) is 12.8 Å². The number of nitrogen functional groups attached to an aromatic ring is 1. The van der Waals surface area contributed by atoms with Crippen LogP contribution in [0.5, 0.6) is 0 Å². The van der Waals surface area contributed by atoms with Crippen LogP contribution in [-0.4, -0.2) is 29.8 Å². The third kappa shape index (κ3) is 2.48. The van der Waals surface area contributed by atoms with Gasteiger partial charge in [0.2, 0.25) is 0 Å². The Kier molecular flexibility index (Phi) is 3.45. The molecule has 1 fully saturated rings. The monoisotopic (exact) mass is 232 g/mol. The van der Waals surface area contributed by atoms with Crippen molar-refractivity contribution in [3.63, 3.8) is 0 Å². The van der Waals surface area contributed by atoms with Crippen molar-refractivity contribution in [2.24, 2.45) is 5.92 Å². The third-order valence-electron chi connectivity index (χ3n) is 3.21. The van der Waals surface area contributed by atoms with Crippen LogP contribution in [0.15, 0.2) is 12.1 Å². The summed E-state index contributed by atoms with van der Waals surface area (Å²) in [5, 5.41) is 17.9. The maximum absolute atomic E-state index is 9.07. The van der Waals surface area contributed by atoms with Crippen molar-refractivity contribution in [3.8, 4) is 6.07 Å². The van der Waals surface area contributed by atoms with Gasteiger partial charge in [-0.2, -0.15) is 5.26 Å². The maximum Gasteiger partial charge on any atom is 0.165 e. The molecule has 3 N–H and O–H groups in total. The van der Waals surface area contributed by atoms with E-state index in [-0.39, 0.29) is 12.3 Å². The number of nitrogens with two attached hydrogens (primary N) is 1. The minimum absolute atomic E-state index is 0.256. The minimum atomic E-state index is 0.256. The fraction of sp³-hybridized carbons (Fsp3) is 0.500. The molecular formula is C12H16N4O. The van der Waals surface area contributed by atoms with Gasteiger partial charge in [0.15, 0.2) is 5.69 Å². The number of hydrogen-bond donors (Lipinski definition) is 2. The normalized spacial score (nSPS) is 16.8. The third-order valence-corrected chi connectivity index (χ3v) is 3.21. The summed E-state index contributed by atoms with van der Waals surface area (Å²) < 4.78 is 0. The lowest BCUT2D eigenvalue weighted by molar-refractivity contribution is 0.203. The van der Waals surface area contributed by atoms with E-state index in [9.17, 15) is 0 Å². The zero-order valence-corrected chi connectivity index (χ0v) is 9.63.